The minimum atomic E-state index is -0.201. The van der Waals surface area contributed by atoms with Gasteiger partial charge in [0.15, 0.2) is 11.5 Å². The number of aromatic nitrogens is 1. The van der Waals surface area contributed by atoms with Crippen molar-refractivity contribution in [2.75, 3.05) is 21.3 Å². The molecule has 0 radical (unpaired) electrons. The van der Waals surface area contributed by atoms with Gasteiger partial charge in [0.25, 0.3) is 0 Å². The first-order valence-electron chi connectivity index (χ1n) is 7.32. The molecule has 1 aromatic heterocycles. The van der Waals surface area contributed by atoms with Crippen molar-refractivity contribution < 1.29 is 19.0 Å². The summed E-state index contributed by atoms with van der Waals surface area (Å²) < 4.78 is 15.8. The maximum atomic E-state index is 11.9. The zero-order valence-electron chi connectivity index (χ0n) is 13.9. The van der Waals surface area contributed by atoms with Crippen LogP contribution in [0.5, 0.6) is 17.2 Å². The van der Waals surface area contributed by atoms with E-state index in [0.29, 0.717) is 23.8 Å². The van der Waals surface area contributed by atoms with Crippen LogP contribution in [0.15, 0.2) is 42.7 Å². The first-order chi connectivity index (χ1) is 11.7. The van der Waals surface area contributed by atoms with E-state index in [4.69, 9.17) is 14.2 Å². The molecule has 2 aromatic rings. The van der Waals surface area contributed by atoms with Crippen molar-refractivity contribution in [1.29, 1.82) is 0 Å². The number of rotatable bonds is 7. The maximum Gasteiger partial charge on any atom is 0.244 e. The van der Waals surface area contributed by atoms with Gasteiger partial charge in [0, 0.05) is 25.0 Å². The van der Waals surface area contributed by atoms with Crippen LogP contribution < -0.4 is 19.5 Å². The van der Waals surface area contributed by atoms with Gasteiger partial charge in [-0.3, -0.25) is 9.78 Å². The van der Waals surface area contributed by atoms with Gasteiger partial charge >= 0.3 is 0 Å². The summed E-state index contributed by atoms with van der Waals surface area (Å²) in [4.78, 5) is 15.9. The number of hydrogen-bond acceptors (Lipinski definition) is 5. The Morgan fingerprint density at radius 3 is 2.42 bits per heavy atom. The predicted molar refractivity (Wildman–Crippen MR) is 91.2 cm³/mol. The number of nitrogens with one attached hydrogen (secondary N) is 1. The van der Waals surface area contributed by atoms with Crippen LogP contribution in [0.4, 0.5) is 0 Å². The van der Waals surface area contributed by atoms with Gasteiger partial charge in [0.2, 0.25) is 11.7 Å². The molecular weight excluding hydrogens is 308 g/mol. The Balaban J connectivity index is 2.06. The normalized spacial score (nSPS) is 10.5. The highest BCUT2D eigenvalue weighted by molar-refractivity contribution is 5.91. The first kappa shape index (κ1) is 17.3. The lowest BCUT2D eigenvalue weighted by Gasteiger charge is -2.12. The highest BCUT2D eigenvalue weighted by Gasteiger charge is 2.12. The minimum absolute atomic E-state index is 0.201. The molecule has 1 amide bonds. The van der Waals surface area contributed by atoms with Crippen LogP contribution in [0.25, 0.3) is 6.08 Å². The van der Waals surface area contributed by atoms with Gasteiger partial charge in [0.1, 0.15) is 0 Å². The number of carbonyl (C=O) groups excluding carboxylic acids is 1. The summed E-state index contributed by atoms with van der Waals surface area (Å²) in [5, 5.41) is 2.80. The van der Waals surface area contributed by atoms with E-state index in [1.54, 1.807) is 51.9 Å². The van der Waals surface area contributed by atoms with E-state index in [1.807, 2.05) is 12.1 Å². The van der Waals surface area contributed by atoms with Crippen molar-refractivity contribution in [2.24, 2.45) is 0 Å². The van der Waals surface area contributed by atoms with Crippen LogP contribution in [0.1, 0.15) is 11.1 Å². The largest absolute Gasteiger partial charge is 0.493 e. The fourth-order valence-corrected chi connectivity index (χ4v) is 2.12. The number of nitrogens with zero attached hydrogens (tertiary/aromatic N) is 1. The SMILES string of the molecule is COc1cc(/C=C/C(=O)NCc2cccnc2)cc(OC)c1OC. The minimum Gasteiger partial charge on any atom is -0.493 e. The fraction of sp³-hybridized carbons (Fsp3) is 0.222. The number of benzene rings is 1. The number of ether oxygens (including phenoxy) is 3. The highest BCUT2D eigenvalue weighted by atomic mass is 16.5. The van der Waals surface area contributed by atoms with E-state index in [-0.39, 0.29) is 5.91 Å². The molecule has 1 aromatic carbocycles. The van der Waals surface area contributed by atoms with E-state index >= 15 is 0 Å². The first-order valence-corrected chi connectivity index (χ1v) is 7.32. The van der Waals surface area contributed by atoms with Crippen molar-refractivity contribution in [3.63, 3.8) is 0 Å². The van der Waals surface area contributed by atoms with E-state index in [0.717, 1.165) is 11.1 Å². The van der Waals surface area contributed by atoms with E-state index in [2.05, 4.69) is 10.3 Å². The molecule has 0 aliphatic heterocycles. The van der Waals surface area contributed by atoms with Crippen LogP contribution in [-0.4, -0.2) is 32.2 Å². The molecule has 6 heteroatoms. The number of amides is 1. The third-order valence-electron chi connectivity index (χ3n) is 3.30. The van der Waals surface area contributed by atoms with Crippen LogP contribution >= 0.6 is 0 Å². The summed E-state index contributed by atoms with van der Waals surface area (Å²) >= 11 is 0. The average Bonchev–Trinajstić information content (AvgIpc) is 2.64. The monoisotopic (exact) mass is 328 g/mol. The Kier molecular flexibility index (Phi) is 6.19. The van der Waals surface area contributed by atoms with Crippen molar-refractivity contribution in [2.45, 2.75) is 6.54 Å². The van der Waals surface area contributed by atoms with E-state index in [9.17, 15) is 4.79 Å². The van der Waals surface area contributed by atoms with Crippen molar-refractivity contribution in [1.82, 2.24) is 10.3 Å². The summed E-state index contributed by atoms with van der Waals surface area (Å²) in [5.41, 5.74) is 1.70. The molecule has 0 saturated heterocycles. The zero-order valence-corrected chi connectivity index (χ0v) is 13.9. The topological polar surface area (TPSA) is 69.7 Å². The Morgan fingerprint density at radius 2 is 1.88 bits per heavy atom. The lowest BCUT2D eigenvalue weighted by molar-refractivity contribution is -0.116. The van der Waals surface area contributed by atoms with Crippen molar-refractivity contribution in [3.05, 3.63) is 53.9 Å². The van der Waals surface area contributed by atoms with Gasteiger partial charge in [-0.25, -0.2) is 0 Å². The standard InChI is InChI=1S/C18H20N2O4/c1-22-15-9-13(10-16(23-2)18(15)24-3)6-7-17(21)20-12-14-5-4-8-19-11-14/h4-11H,12H2,1-3H3,(H,20,21)/b7-6+. The Morgan fingerprint density at radius 1 is 1.17 bits per heavy atom. The molecule has 1 N–H and O–H groups in total. The van der Waals surface area contributed by atoms with E-state index in [1.165, 1.54) is 6.08 Å². The van der Waals surface area contributed by atoms with Crippen molar-refractivity contribution >= 4 is 12.0 Å². The summed E-state index contributed by atoms with van der Waals surface area (Å²) in [6.45, 7) is 0.423. The molecule has 0 aliphatic carbocycles. The molecule has 0 spiro atoms. The van der Waals surface area contributed by atoms with Gasteiger partial charge in [0.05, 0.1) is 21.3 Å². The molecule has 24 heavy (non-hydrogen) atoms. The third-order valence-corrected chi connectivity index (χ3v) is 3.30. The number of pyridine rings is 1. The summed E-state index contributed by atoms with van der Waals surface area (Å²) in [6.07, 6.45) is 6.54. The highest BCUT2D eigenvalue weighted by Crippen LogP contribution is 2.38. The van der Waals surface area contributed by atoms with Gasteiger partial charge in [-0.15, -0.1) is 0 Å². The summed E-state index contributed by atoms with van der Waals surface area (Å²) in [6, 6.07) is 7.27. The van der Waals surface area contributed by atoms with Crippen molar-refractivity contribution in [3.8, 4) is 17.2 Å². The van der Waals surface area contributed by atoms with E-state index < -0.39 is 0 Å². The fourth-order valence-electron chi connectivity index (χ4n) is 2.12. The Bertz CT molecular complexity index is 689. The molecule has 0 aliphatic rings. The zero-order chi connectivity index (χ0) is 17.4. The molecule has 0 bridgehead atoms. The molecule has 0 fully saturated rings. The van der Waals surface area contributed by atoms with Gasteiger partial charge in [-0.2, -0.15) is 0 Å². The molecule has 0 atom stereocenters. The van der Waals surface area contributed by atoms with Gasteiger partial charge in [-0.05, 0) is 35.4 Å². The number of carbonyl (C=O) groups is 1. The molecule has 0 saturated carbocycles. The number of methoxy groups -OCH3 is 3. The molecular formula is C18H20N2O4. The van der Waals surface area contributed by atoms with Gasteiger partial charge in [-0.1, -0.05) is 6.07 Å². The molecule has 1 heterocycles. The smallest absolute Gasteiger partial charge is 0.244 e. The quantitative estimate of drug-likeness (QED) is 0.791. The second-order valence-corrected chi connectivity index (χ2v) is 4.87. The lowest BCUT2D eigenvalue weighted by Crippen LogP contribution is -2.20. The third kappa shape index (κ3) is 4.49. The van der Waals surface area contributed by atoms with Crippen LogP contribution in [0.3, 0.4) is 0 Å². The van der Waals surface area contributed by atoms with Gasteiger partial charge < -0.3 is 19.5 Å². The predicted octanol–water partition coefficient (Wildman–Crippen LogP) is 2.44. The number of hydrogen-bond donors (Lipinski definition) is 1. The Labute approximate surface area is 141 Å². The molecule has 0 unspecified atom stereocenters. The van der Waals surface area contributed by atoms with Crippen LogP contribution in [0, 0.1) is 0 Å². The molecule has 2 rings (SSSR count). The molecule has 126 valence electrons. The van der Waals surface area contributed by atoms with Crippen LogP contribution in [-0.2, 0) is 11.3 Å². The summed E-state index contributed by atoms with van der Waals surface area (Å²) in [7, 11) is 4.64. The lowest BCUT2D eigenvalue weighted by atomic mass is 10.1. The summed E-state index contributed by atoms with van der Waals surface area (Å²) in [5.74, 6) is 1.38. The maximum absolute atomic E-state index is 11.9. The average molecular weight is 328 g/mol. The Hall–Kier alpha value is -3.02. The second-order valence-electron chi connectivity index (χ2n) is 4.87. The van der Waals surface area contributed by atoms with Crippen LogP contribution in [0.2, 0.25) is 0 Å². The molecule has 6 nitrogen and oxygen atoms in total. The second kappa shape index (κ2) is 8.57.